The van der Waals surface area contributed by atoms with E-state index in [1.165, 1.54) is 0 Å². The lowest BCUT2D eigenvalue weighted by Crippen LogP contribution is -2.37. The van der Waals surface area contributed by atoms with Gasteiger partial charge < -0.3 is 21.1 Å². The van der Waals surface area contributed by atoms with E-state index in [1.807, 2.05) is 12.1 Å². The second kappa shape index (κ2) is 11.5. The number of benzene rings is 1. The molecule has 0 aliphatic heterocycles. The number of unbranched alkanes of at least 4 members (excludes halogenated alkanes) is 1. The van der Waals surface area contributed by atoms with Crippen molar-refractivity contribution in [3.8, 4) is 0 Å². The molecule has 128 valence electrons. The van der Waals surface area contributed by atoms with E-state index in [-0.39, 0.29) is 0 Å². The number of hydrogen-bond acceptors (Lipinski definition) is 3. The van der Waals surface area contributed by atoms with Crippen LogP contribution in [0.2, 0.25) is 0 Å². The molecule has 0 aromatic heterocycles. The van der Waals surface area contributed by atoms with Crippen LogP contribution >= 0.6 is 0 Å². The molecule has 1 aromatic rings. The predicted molar refractivity (Wildman–Crippen MR) is 93.5 cm³/mol. The zero-order valence-electron chi connectivity index (χ0n) is 14.1. The van der Waals surface area contributed by atoms with E-state index in [9.17, 15) is 4.79 Å². The molecule has 0 atom stereocenters. The van der Waals surface area contributed by atoms with Gasteiger partial charge in [0.05, 0.1) is 0 Å². The van der Waals surface area contributed by atoms with Gasteiger partial charge in [0.1, 0.15) is 0 Å². The maximum atomic E-state index is 11.2. The number of nitrogens with zero attached hydrogens (tertiary/aromatic N) is 1. The standard InChI is InChI=1S/C17H28N4O2/c1-3-4-10-23-11-6-9-20-17(19-2)21-13-14-7-5-8-15(12-14)16(18)22/h5,7-8,12H,3-4,6,9-11,13H2,1-2H3,(H2,18,22)(H2,19,20,21). The highest BCUT2D eigenvalue weighted by atomic mass is 16.5. The SMILES string of the molecule is CCCCOCCCNC(=NC)NCc1cccc(C(N)=O)c1. The molecule has 0 bridgehead atoms. The number of primary amides is 1. The molecule has 0 unspecified atom stereocenters. The van der Waals surface area contributed by atoms with E-state index < -0.39 is 5.91 Å². The third-order valence-electron chi connectivity index (χ3n) is 3.30. The Morgan fingerprint density at radius 1 is 1.26 bits per heavy atom. The molecule has 0 aliphatic rings. The van der Waals surface area contributed by atoms with E-state index in [0.717, 1.165) is 50.5 Å². The van der Waals surface area contributed by atoms with Crippen molar-refractivity contribution < 1.29 is 9.53 Å². The fraction of sp³-hybridized carbons (Fsp3) is 0.529. The molecule has 0 saturated carbocycles. The summed E-state index contributed by atoms with van der Waals surface area (Å²) in [6.45, 7) is 5.12. The van der Waals surface area contributed by atoms with Gasteiger partial charge in [-0.1, -0.05) is 25.5 Å². The number of hydrogen-bond donors (Lipinski definition) is 3. The van der Waals surface area contributed by atoms with Crippen LogP contribution in [0.3, 0.4) is 0 Å². The van der Waals surface area contributed by atoms with Crippen LogP contribution in [0.25, 0.3) is 0 Å². The molecule has 4 N–H and O–H groups in total. The summed E-state index contributed by atoms with van der Waals surface area (Å²) in [5.74, 6) is 0.306. The quantitative estimate of drug-likeness (QED) is 0.347. The van der Waals surface area contributed by atoms with Gasteiger partial charge in [-0.15, -0.1) is 0 Å². The smallest absolute Gasteiger partial charge is 0.248 e. The van der Waals surface area contributed by atoms with E-state index in [0.29, 0.717) is 12.1 Å². The van der Waals surface area contributed by atoms with E-state index >= 15 is 0 Å². The Bertz CT molecular complexity index is 503. The van der Waals surface area contributed by atoms with Crippen LogP contribution in [0.1, 0.15) is 42.1 Å². The highest BCUT2D eigenvalue weighted by molar-refractivity contribution is 5.92. The molecule has 0 aliphatic carbocycles. The normalized spacial score (nSPS) is 11.3. The van der Waals surface area contributed by atoms with Gasteiger partial charge in [-0.3, -0.25) is 9.79 Å². The van der Waals surface area contributed by atoms with Gasteiger partial charge in [0.25, 0.3) is 0 Å². The van der Waals surface area contributed by atoms with Gasteiger partial charge in [0, 0.05) is 38.9 Å². The van der Waals surface area contributed by atoms with Crippen molar-refractivity contribution >= 4 is 11.9 Å². The van der Waals surface area contributed by atoms with E-state index in [4.69, 9.17) is 10.5 Å². The highest BCUT2D eigenvalue weighted by Gasteiger charge is 2.02. The van der Waals surface area contributed by atoms with Gasteiger partial charge in [-0.2, -0.15) is 0 Å². The summed E-state index contributed by atoms with van der Waals surface area (Å²) in [4.78, 5) is 15.3. The van der Waals surface area contributed by atoms with Gasteiger partial charge in [-0.05, 0) is 30.5 Å². The number of carbonyl (C=O) groups is 1. The zero-order valence-corrected chi connectivity index (χ0v) is 14.1. The lowest BCUT2D eigenvalue weighted by Gasteiger charge is -2.12. The Morgan fingerprint density at radius 2 is 2.04 bits per heavy atom. The molecular formula is C17H28N4O2. The van der Waals surface area contributed by atoms with Crippen molar-refractivity contribution in [1.82, 2.24) is 10.6 Å². The second-order valence-electron chi connectivity index (χ2n) is 5.24. The van der Waals surface area contributed by atoms with Crippen molar-refractivity contribution in [2.75, 3.05) is 26.8 Å². The average molecular weight is 320 g/mol. The minimum atomic E-state index is -0.419. The minimum Gasteiger partial charge on any atom is -0.381 e. The maximum absolute atomic E-state index is 11.2. The third kappa shape index (κ3) is 8.21. The van der Waals surface area contributed by atoms with Crippen LogP contribution in [0.4, 0.5) is 0 Å². The van der Waals surface area contributed by atoms with Gasteiger partial charge >= 0.3 is 0 Å². The van der Waals surface area contributed by atoms with Crippen LogP contribution in [-0.4, -0.2) is 38.7 Å². The average Bonchev–Trinajstić information content (AvgIpc) is 2.57. The molecular weight excluding hydrogens is 292 g/mol. The fourth-order valence-corrected chi connectivity index (χ4v) is 1.97. The number of ether oxygens (including phenoxy) is 1. The lowest BCUT2D eigenvalue weighted by atomic mass is 10.1. The van der Waals surface area contributed by atoms with Crippen LogP contribution < -0.4 is 16.4 Å². The summed E-state index contributed by atoms with van der Waals surface area (Å²) in [5, 5.41) is 6.44. The van der Waals surface area contributed by atoms with E-state index in [2.05, 4.69) is 22.5 Å². The number of aliphatic imine (C=N–C) groups is 1. The molecule has 6 nitrogen and oxygen atoms in total. The molecule has 0 spiro atoms. The summed E-state index contributed by atoms with van der Waals surface area (Å²) in [6.07, 6.45) is 3.20. The molecule has 23 heavy (non-hydrogen) atoms. The highest BCUT2D eigenvalue weighted by Crippen LogP contribution is 2.04. The topological polar surface area (TPSA) is 88.7 Å². The number of guanidine groups is 1. The summed E-state index contributed by atoms with van der Waals surface area (Å²) >= 11 is 0. The summed E-state index contributed by atoms with van der Waals surface area (Å²) in [7, 11) is 1.73. The van der Waals surface area contributed by atoms with Crippen molar-refractivity contribution in [1.29, 1.82) is 0 Å². The Hall–Kier alpha value is -2.08. The molecule has 1 amide bonds. The van der Waals surface area contributed by atoms with Gasteiger partial charge in [-0.25, -0.2) is 0 Å². The predicted octanol–water partition coefficient (Wildman–Crippen LogP) is 1.66. The second-order valence-corrected chi connectivity index (χ2v) is 5.24. The number of amides is 1. The summed E-state index contributed by atoms with van der Waals surface area (Å²) in [6, 6.07) is 7.25. The van der Waals surface area contributed by atoms with Crippen molar-refractivity contribution in [2.45, 2.75) is 32.7 Å². The van der Waals surface area contributed by atoms with Crippen molar-refractivity contribution in [2.24, 2.45) is 10.7 Å². The first-order valence-electron chi connectivity index (χ1n) is 8.08. The Kier molecular flexibility index (Phi) is 9.47. The van der Waals surface area contributed by atoms with Crippen LogP contribution in [0, 0.1) is 0 Å². The zero-order chi connectivity index (χ0) is 16.9. The van der Waals surface area contributed by atoms with Crippen LogP contribution in [0.5, 0.6) is 0 Å². The Labute approximate surface area is 138 Å². The van der Waals surface area contributed by atoms with Crippen molar-refractivity contribution in [3.05, 3.63) is 35.4 Å². The Morgan fingerprint density at radius 3 is 2.74 bits per heavy atom. The van der Waals surface area contributed by atoms with Crippen molar-refractivity contribution in [3.63, 3.8) is 0 Å². The molecule has 0 fully saturated rings. The lowest BCUT2D eigenvalue weighted by molar-refractivity contribution is 0.1000. The van der Waals surface area contributed by atoms with Gasteiger partial charge in [0.2, 0.25) is 5.91 Å². The van der Waals surface area contributed by atoms with Gasteiger partial charge in [0.15, 0.2) is 5.96 Å². The van der Waals surface area contributed by atoms with Crippen LogP contribution in [0.15, 0.2) is 29.3 Å². The Balaban J connectivity index is 2.26. The first-order valence-corrected chi connectivity index (χ1v) is 8.08. The first-order chi connectivity index (χ1) is 11.2. The van der Waals surface area contributed by atoms with Crippen LogP contribution in [-0.2, 0) is 11.3 Å². The fourth-order valence-electron chi connectivity index (χ4n) is 1.97. The molecule has 1 rings (SSSR count). The van der Waals surface area contributed by atoms with E-state index in [1.54, 1.807) is 19.2 Å². The minimum absolute atomic E-state index is 0.419. The molecule has 0 radical (unpaired) electrons. The maximum Gasteiger partial charge on any atom is 0.248 e. The molecule has 1 aromatic carbocycles. The molecule has 0 saturated heterocycles. The number of carbonyl (C=O) groups excluding carboxylic acids is 1. The number of nitrogens with two attached hydrogens (primary N) is 1. The summed E-state index contributed by atoms with van der Waals surface area (Å²) in [5.41, 5.74) is 6.77. The summed E-state index contributed by atoms with van der Waals surface area (Å²) < 4.78 is 5.51. The largest absolute Gasteiger partial charge is 0.381 e. The number of nitrogens with one attached hydrogen (secondary N) is 2. The number of rotatable bonds is 10. The monoisotopic (exact) mass is 320 g/mol. The third-order valence-corrected chi connectivity index (χ3v) is 3.30. The molecule has 0 heterocycles. The molecule has 6 heteroatoms. The first kappa shape index (κ1) is 19.0.